The van der Waals surface area contributed by atoms with Crippen molar-refractivity contribution in [1.29, 1.82) is 0 Å². The molecular weight excluding hydrogens is 308 g/mol. The Morgan fingerprint density at radius 2 is 1.44 bits per heavy atom. The fourth-order valence-electron chi connectivity index (χ4n) is 3.04. The zero-order valence-corrected chi connectivity index (χ0v) is 14.0. The third kappa shape index (κ3) is 3.41. The van der Waals surface area contributed by atoms with Crippen LogP contribution in [-0.4, -0.2) is 16.2 Å². The van der Waals surface area contributed by atoms with Crippen LogP contribution in [0.4, 0.5) is 0 Å². The van der Waals surface area contributed by atoms with Crippen LogP contribution in [0.3, 0.4) is 0 Å². The molecule has 3 aromatic carbocycles. The van der Waals surface area contributed by atoms with Crippen LogP contribution >= 0.6 is 0 Å². The first-order valence-electron chi connectivity index (χ1n) is 8.60. The maximum absolute atomic E-state index is 5.83. The summed E-state index contributed by atoms with van der Waals surface area (Å²) in [5, 5.41) is 0. The van der Waals surface area contributed by atoms with Crippen molar-refractivity contribution in [3.8, 4) is 17.1 Å². The van der Waals surface area contributed by atoms with Gasteiger partial charge in [-0.15, -0.1) is 0 Å². The Hall–Kier alpha value is -3.07. The van der Waals surface area contributed by atoms with Gasteiger partial charge >= 0.3 is 0 Å². The van der Waals surface area contributed by atoms with E-state index in [9.17, 15) is 0 Å². The second kappa shape index (κ2) is 7.22. The molecule has 1 aromatic heterocycles. The number of hydrogen-bond acceptors (Lipinski definition) is 2. The van der Waals surface area contributed by atoms with Crippen molar-refractivity contribution in [2.75, 3.05) is 6.61 Å². The highest BCUT2D eigenvalue weighted by molar-refractivity contribution is 5.80. The lowest BCUT2D eigenvalue weighted by Crippen LogP contribution is -2.06. The van der Waals surface area contributed by atoms with Crippen LogP contribution in [0.25, 0.3) is 22.4 Å². The lowest BCUT2D eigenvalue weighted by molar-refractivity contribution is 0.303. The van der Waals surface area contributed by atoms with Gasteiger partial charge in [0.25, 0.3) is 0 Å². The van der Waals surface area contributed by atoms with Crippen LogP contribution in [0, 0.1) is 0 Å². The predicted molar refractivity (Wildman–Crippen MR) is 102 cm³/mol. The lowest BCUT2D eigenvalue weighted by Gasteiger charge is -2.10. The van der Waals surface area contributed by atoms with Crippen molar-refractivity contribution in [2.24, 2.45) is 0 Å². The summed E-state index contributed by atoms with van der Waals surface area (Å²) < 4.78 is 8.12. The zero-order valence-electron chi connectivity index (χ0n) is 14.0. The van der Waals surface area contributed by atoms with Gasteiger partial charge in [-0.25, -0.2) is 4.98 Å². The topological polar surface area (TPSA) is 27.1 Å². The average Bonchev–Trinajstić information content (AvgIpc) is 3.05. The van der Waals surface area contributed by atoms with Gasteiger partial charge in [0.1, 0.15) is 11.6 Å². The molecule has 25 heavy (non-hydrogen) atoms. The number of hydrogen-bond donors (Lipinski definition) is 0. The smallest absolute Gasteiger partial charge is 0.141 e. The first-order chi connectivity index (χ1) is 12.4. The van der Waals surface area contributed by atoms with E-state index in [2.05, 4.69) is 47.0 Å². The van der Waals surface area contributed by atoms with E-state index >= 15 is 0 Å². The molecule has 0 aliphatic carbocycles. The van der Waals surface area contributed by atoms with E-state index < -0.39 is 0 Å². The molecule has 0 amide bonds. The van der Waals surface area contributed by atoms with Crippen LogP contribution in [0.5, 0.6) is 5.75 Å². The van der Waals surface area contributed by atoms with E-state index in [1.165, 1.54) is 5.52 Å². The highest BCUT2D eigenvalue weighted by Gasteiger charge is 2.11. The van der Waals surface area contributed by atoms with Crippen molar-refractivity contribution in [3.63, 3.8) is 0 Å². The largest absolute Gasteiger partial charge is 0.494 e. The molecule has 0 spiro atoms. The Morgan fingerprint density at radius 3 is 2.24 bits per heavy atom. The Kier molecular flexibility index (Phi) is 4.46. The van der Waals surface area contributed by atoms with Gasteiger partial charge in [0.15, 0.2) is 0 Å². The summed E-state index contributed by atoms with van der Waals surface area (Å²) in [6.07, 6.45) is 0.926. The number of ether oxygens (including phenoxy) is 1. The molecule has 1 heterocycles. The van der Waals surface area contributed by atoms with Crippen LogP contribution in [0.1, 0.15) is 6.42 Å². The fraction of sp³-hybridized carbons (Fsp3) is 0.136. The lowest BCUT2D eigenvalue weighted by atomic mass is 10.2. The third-order valence-corrected chi connectivity index (χ3v) is 4.22. The molecule has 4 rings (SSSR count). The third-order valence-electron chi connectivity index (χ3n) is 4.22. The van der Waals surface area contributed by atoms with Gasteiger partial charge in [0.2, 0.25) is 0 Å². The molecule has 124 valence electrons. The summed E-state index contributed by atoms with van der Waals surface area (Å²) in [7, 11) is 0. The first-order valence-corrected chi connectivity index (χ1v) is 8.60. The molecule has 0 saturated heterocycles. The second-order valence-corrected chi connectivity index (χ2v) is 5.96. The van der Waals surface area contributed by atoms with Crippen LogP contribution in [0.15, 0.2) is 84.9 Å². The summed E-state index contributed by atoms with van der Waals surface area (Å²) in [5.74, 6) is 1.93. The van der Waals surface area contributed by atoms with Gasteiger partial charge in [0.05, 0.1) is 17.6 Å². The highest BCUT2D eigenvalue weighted by atomic mass is 16.5. The number of aromatic nitrogens is 2. The molecule has 0 saturated carbocycles. The number of fused-ring (bicyclic) bond motifs is 1. The van der Waals surface area contributed by atoms with Crippen molar-refractivity contribution < 1.29 is 4.74 Å². The minimum atomic E-state index is 0.685. The van der Waals surface area contributed by atoms with E-state index in [0.717, 1.165) is 35.6 Å². The quantitative estimate of drug-likeness (QED) is 0.456. The van der Waals surface area contributed by atoms with Gasteiger partial charge in [-0.2, -0.15) is 0 Å². The van der Waals surface area contributed by atoms with E-state index in [0.29, 0.717) is 6.61 Å². The van der Waals surface area contributed by atoms with E-state index in [-0.39, 0.29) is 0 Å². The van der Waals surface area contributed by atoms with Crippen LogP contribution in [0.2, 0.25) is 0 Å². The minimum absolute atomic E-state index is 0.685. The minimum Gasteiger partial charge on any atom is -0.494 e. The summed E-state index contributed by atoms with van der Waals surface area (Å²) in [4.78, 5) is 4.84. The van der Waals surface area contributed by atoms with Crippen molar-refractivity contribution in [3.05, 3.63) is 84.9 Å². The SMILES string of the molecule is c1ccc(OCCCn2c(-c3ccccc3)nc3ccccc32)cc1. The standard InChI is InChI=1S/C22H20N2O/c1-3-10-18(11-4-1)22-23-20-14-7-8-15-21(20)24(22)16-9-17-25-19-12-5-2-6-13-19/h1-8,10-15H,9,16-17H2. The van der Waals surface area contributed by atoms with Gasteiger partial charge < -0.3 is 9.30 Å². The van der Waals surface area contributed by atoms with E-state index in [1.54, 1.807) is 0 Å². The molecule has 4 aromatic rings. The first kappa shape index (κ1) is 15.5. The summed E-state index contributed by atoms with van der Waals surface area (Å²) in [6, 6.07) is 28.6. The molecule has 0 aliphatic heterocycles. The molecule has 0 unspecified atom stereocenters. The number of nitrogens with zero attached hydrogens (tertiary/aromatic N) is 2. The maximum Gasteiger partial charge on any atom is 0.141 e. The normalized spacial score (nSPS) is 10.9. The second-order valence-electron chi connectivity index (χ2n) is 5.96. The molecule has 0 N–H and O–H groups in total. The van der Waals surface area contributed by atoms with E-state index in [1.807, 2.05) is 42.5 Å². The molecule has 0 aliphatic rings. The Labute approximate surface area is 147 Å². The Bertz CT molecular complexity index is 946. The number of aryl methyl sites for hydroxylation is 1. The van der Waals surface area contributed by atoms with Crippen LogP contribution in [-0.2, 0) is 6.54 Å². The maximum atomic E-state index is 5.83. The number of imidazole rings is 1. The summed E-state index contributed by atoms with van der Waals surface area (Å²) in [5.41, 5.74) is 3.34. The summed E-state index contributed by atoms with van der Waals surface area (Å²) >= 11 is 0. The zero-order chi connectivity index (χ0) is 16.9. The number of benzene rings is 3. The van der Waals surface area contributed by atoms with Crippen molar-refractivity contribution in [2.45, 2.75) is 13.0 Å². The van der Waals surface area contributed by atoms with Crippen LogP contribution < -0.4 is 4.74 Å². The van der Waals surface area contributed by atoms with Gasteiger partial charge in [-0.05, 0) is 30.7 Å². The molecule has 3 heteroatoms. The molecule has 0 fully saturated rings. The average molecular weight is 328 g/mol. The monoisotopic (exact) mass is 328 g/mol. The Morgan fingerprint density at radius 1 is 0.760 bits per heavy atom. The molecule has 0 radical (unpaired) electrons. The number of para-hydroxylation sites is 3. The van der Waals surface area contributed by atoms with Crippen molar-refractivity contribution in [1.82, 2.24) is 9.55 Å². The Balaban J connectivity index is 1.55. The predicted octanol–water partition coefficient (Wildman–Crippen LogP) is 5.17. The molecule has 3 nitrogen and oxygen atoms in total. The molecule has 0 bridgehead atoms. The van der Waals surface area contributed by atoms with Gasteiger partial charge in [0, 0.05) is 12.1 Å². The van der Waals surface area contributed by atoms with Gasteiger partial charge in [-0.1, -0.05) is 60.7 Å². The molecular formula is C22H20N2O. The van der Waals surface area contributed by atoms with Gasteiger partial charge in [-0.3, -0.25) is 0 Å². The van der Waals surface area contributed by atoms with Crippen molar-refractivity contribution >= 4 is 11.0 Å². The number of rotatable bonds is 6. The van der Waals surface area contributed by atoms with E-state index in [4.69, 9.17) is 9.72 Å². The summed E-state index contributed by atoms with van der Waals surface area (Å²) in [6.45, 7) is 1.56. The highest BCUT2D eigenvalue weighted by Crippen LogP contribution is 2.25. The molecule has 0 atom stereocenters. The fourth-order valence-corrected chi connectivity index (χ4v) is 3.04.